The summed E-state index contributed by atoms with van der Waals surface area (Å²) in [4.78, 5) is 4.25. The van der Waals surface area contributed by atoms with Gasteiger partial charge in [-0.2, -0.15) is 0 Å². The normalized spacial score (nSPS) is 10.9. The van der Waals surface area contributed by atoms with E-state index >= 15 is 0 Å². The summed E-state index contributed by atoms with van der Waals surface area (Å²) in [7, 11) is -0.0297. The molecular formula is C22H23S+. The molecule has 0 saturated heterocycles. The van der Waals surface area contributed by atoms with Crippen LogP contribution in [0.25, 0.3) is 0 Å². The van der Waals surface area contributed by atoms with Crippen molar-refractivity contribution in [3.63, 3.8) is 0 Å². The minimum atomic E-state index is -0.0297. The van der Waals surface area contributed by atoms with Crippen molar-refractivity contribution in [2.45, 2.75) is 40.9 Å². The predicted octanol–water partition coefficient (Wildman–Crippen LogP) is 6.12. The molecule has 0 radical (unpaired) electrons. The largest absolute Gasteiger partial charge is 0.169 e. The molecule has 0 N–H and O–H groups in total. The van der Waals surface area contributed by atoms with E-state index in [0.29, 0.717) is 0 Å². The van der Waals surface area contributed by atoms with E-state index in [-0.39, 0.29) is 10.9 Å². The number of hydrogen-bond acceptors (Lipinski definition) is 0. The molecule has 0 fully saturated rings. The SMILES string of the molecule is CCCCc1ccccc1[S+](c1ccccc1)c1ccccc1. The lowest BCUT2D eigenvalue weighted by Gasteiger charge is -2.11. The van der Waals surface area contributed by atoms with E-state index in [0.717, 1.165) is 6.42 Å². The van der Waals surface area contributed by atoms with Gasteiger partial charge < -0.3 is 0 Å². The van der Waals surface area contributed by atoms with Gasteiger partial charge in [0.2, 0.25) is 0 Å². The second-order valence-electron chi connectivity index (χ2n) is 5.64. The molecule has 0 atom stereocenters. The number of rotatable bonds is 6. The van der Waals surface area contributed by atoms with Crippen LogP contribution in [0.3, 0.4) is 0 Å². The first-order valence-corrected chi connectivity index (χ1v) is 9.55. The van der Waals surface area contributed by atoms with Crippen molar-refractivity contribution < 1.29 is 0 Å². The second kappa shape index (κ2) is 8.03. The van der Waals surface area contributed by atoms with Gasteiger partial charge in [-0.25, -0.2) is 0 Å². The van der Waals surface area contributed by atoms with Crippen molar-refractivity contribution in [1.29, 1.82) is 0 Å². The van der Waals surface area contributed by atoms with E-state index in [1.807, 2.05) is 0 Å². The van der Waals surface area contributed by atoms with Gasteiger partial charge in [-0.05, 0) is 43.2 Å². The van der Waals surface area contributed by atoms with Crippen LogP contribution in [0.15, 0.2) is 99.6 Å². The number of hydrogen-bond donors (Lipinski definition) is 0. The molecule has 0 heterocycles. The van der Waals surface area contributed by atoms with Gasteiger partial charge >= 0.3 is 0 Å². The molecule has 23 heavy (non-hydrogen) atoms. The highest BCUT2D eigenvalue weighted by Crippen LogP contribution is 2.33. The first kappa shape index (κ1) is 15.9. The van der Waals surface area contributed by atoms with Crippen LogP contribution in [0.1, 0.15) is 25.3 Å². The minimum Gasteiger partial charge on any atom is -0.0654 e. The monoisotopic (exact) mass is 319 g/mol. The van der Waals surface area contributed by atoms with Crippen LogP contribution in [0.5, 0.6) is 0 Å². The topological polar surface area (TPSA) is 0 Å². The molecule has 0 aliphatic rings. The first-order chi connectivity index (χ1) is 11.4. The molecule has 0 aliphatic carbocycles. The molecule has 3 aromatic rings. The van der Waals surface area contributed by atoms with Crippen molar-refractivity contribution in [3.05, 3.63) is 90.5 Å². The maximum Gasteiger partial charge on any atom is 0.169 e. The van der Waals surface area contributed by atoms with Gasteiger partial charge in [0.05, 0.1) is 10.9 Å². The average molecular weight is 319 g/mol. The molecule has 0 spiro atoms. The van der Waals surface area contributed by atoms with Crippen LogP contribution < -0.4 is 0 Å². The predicted molar refractivity (Wildman–Crippen MR) is 100 cm³/mol. The van der Waals surface area contributed by atoms with Gasteiger partial charge in [-0.1, -0.05) is 67.9 Å². The fraction of sp³-hybridized carbons (Fsp3) is 0.182. The molecular weight excluding hydrogens is 296 g/mol. The lowest BCUT2D eigenvalue weighted by Crippen LogP contribution is -2.07. The molecule has 0 aliphatic heterocycles. The first-order valence-electron chi connectivity index (χ1n) is 8.32. The summed E-state index contributed by atoms with van der Waals surface area (Å²) in [6, 6.07) is 30.8. The fourth-order valence-electron chi connectivity index (χ4n) is 2.78. The number of unbranched alkanes of at least 4 members (excludes halogenated alkanes) is 1. The Kier molecular flexibility index (Phi) is 5.55. The Bertz CT molecular complexity index is 680. The van der Waals surface area contributed by atoms with E-state index in [4.69, 9.17) is 0 Å². The standard InChI is InChI=1S/C22H23S/c1-2-3-12-19-13-10-11-18-22(19)23(20-14-6-4-7-15-20)21-16-8-5-9-17-21/h4-11,13-18H,2-3,12H2,1H3/q+1. The average Bonchev–Trinajstić information content (AvgIpc) is 2.63. The minimum absolute atomic E-state index is 0.0297. The Morgan fingerprint density at radius 2 is 1.17 bits per heavy atom. The molecule has 1 heteroatoms. The van der Waals surface area contributed by atoms with Crippen LogP contribution in [0.2, 0.25) is 0 Å². The summed E-state index contributed by atoms with van der Waals surface area (Å²) in [5.41, 5.74) is 1.49. The lowest BCUT2D eigenvalue weighted by molar-refractivity contribution is 0.784. The maximum absolute atomic E-state index is 2.31. The Morgan fingerprint density at radius 3 is 1.74 bits per heavy atom. The van der Waals surface area contributed by atoms with Gasteiger partial charge in [0.15, 0.2) is 14.7 Å². The van der Waals surface area contributed by atoms with Crippen molar-refractivity contribution in [1.82, 2.24) is 0 Å². The molecule has 116 valence electrons. The number of benzene rings is 3. The van der Waals surface area contributed by atoms with E-state index < -0.39 is 0 Å². The van der Waals surface area contributed by atoms with Gasteiger partial charge in [-0.15, -0.1) is 0 Å². The fourth-order valence-corrected chi connectivity index (χ4v) is 5.07. The quantitative estimate of drug-likeness (QED) is 0.480. The summed E-state index contributed by atoms with van der Waals surface area (Å²) in [5, 5.41) is 0. The van der Waals surface area contributed by atoms with Gasteiger partial charge in [0.1, 0.15) is 0 Å². The molecule has 0 bridgehead atoms. The molecule has 0 nitrogen and oxygen atoms in total. The molecule has 0 saturated carbocycles. The second-order valence-corrected chi connectivity index (χ2v) is 7.64. The highest BCUT2D eigenvalue weighted by Gasteiger charge is 2.30. The Labute approximate surface area is 142 Å². The van der Waals surface area contributed by atoms with Crippen molar-refractivity contribution in [3.8, 4) is 0 Å². The van der Waals surface area contributed by atoms with E-state index in [2.05, 4.69) is 91.9 Å². The zero-order valence-electron chi connectivity index (χ0n) is 13.6. The molecule has 0 amide bonds. The van der Waals surface area contributed by atoms with E-state index in [9.17, 15) is 0 Å². The van der Waals surface area contributed by atoms with Crippen LogP contribution in [0, 0.1) is 0 Å². The third kappa shape index (κ3) is 3.86. The summed E-state index contributed by atoms with van der Waals surface area (Å²) >= 11 is 0. The van der Waals surface area contributed by atoms with Gasteiger partial charge in [-0.3, -0.25) is 0 Å². The van der Waals surface area contributed by atoms with Crippen LogP contribution in [-0.4, -0.2) is 0 Å². The molecule has 3 aromatic carbocycles. The van der Waals surface area contributed by atoms with Gasteiger partial charge in [0, 0.05) is 5.56 Å². The summed E-state index contributed by atoms with van der Waals surface area (Å²) < 4.78 is 0. The summed E-state index contributed by atoms with van der Waals surface area (Å²) in [5.74, 6) is 0. The highest BCUT2D eigenvalue weighted by atomic mass is 32.2. The molecule has 3 rings (SSSR count). The highest BCUT2D eigenvalue weighted by molar-refractivity contribution is 7.97. The Morgan fingerprint density at radius 1 is 0.652 bits per heavy atom. The van der Waals surface area contributed by atoms with E-state index in [1.165, 1.54) is 33.1 Å². The molecule has 0 unspecified atom stereocenters. The lowest BCUT2D eigenvalue weighted by atomic mass is 10.1. The van der Waals surface area contributed by atoms with Crippen molar-refractivity contribution in [2.75, 3.05) is 0 Å². The molecule has 0 aromatic heterocycles. The number of aryl methyl sites for hydroxylation is 1. The van der Waals surface area contributed by atoms with Crippen LogP contribution in [0.4, 0.5) is 0 Å². The zero-order chi connectivity index (χ0) is 15.9. The van der Waals surface area contributed by atoms with Gasteiger partial charge in [0.25, 0.3) is 0 Å². The maximum atomic E-state index is 2.31. The zero-order valence-corrected chi connectivity index (χ0v) is 14.4. The van der Waals surface area contributed by atoms with Crippen molar-refractivity contribution in [2.24, 2.45) is 0 Å². The Hall–Kier alpha value is -1.99. The van der Waals surface area contributed by atoms with Crippen LogP contribution >= 0.6 is 0 Å². The summed E-state index contributed by atoms with van der Waals surface area (Å²) in [6.45, 7) is 2.26. The third-order valence-corrected chi connectivity index (χ3v) is 6.28. The van der Waals surface area contributed by atoms with E-state index in [1.54, 1.807) is 0 Å². The Balaban J connectivity index is 2.10. The van der Waals surface area contributed by atoms with Crippen LogP contribution in [-0.2, 0) is 17.3 Å². The smallest absolute Gasteiger partial charge is 0.0654 e. The summed E-state index contributed by atoms with van der Waals surface area (Å²) in [6.07, 6.45) is 3.65. The van der Waals surface area contributed by atoms with Crippen molar-refractivity contribution >= 4 is 10.9 Å². The third-order valence-electron chi connectivity index (χ3n) is 3.95.